The second kappa shape index (κ2) is 8.39. The van der Waals surface area contributed by atoms with Crippen LogP contribution in [0, 0.1) is 11.8 Å². The van der Waals surface area contributed by atoms with Gasteiger partial charge >= 0.3 is 0 Å². The summed E-state index contributed by atoms with van der Waals surface area (Å²) in [5.41, 5.74) is 1.70. The molecular weight excluding hydrogens is 308 g/mol. The molecule has 3 heteroatoms. The van der Waals surface area contributed by atoms with Crippen LogP contribution in [0.4, 0.5) is 0 Å². The van der Waals surface area contributed by atoms with E-state index in [1.807, 2.05) is 30.3 Å². The first-order valence-corrected chi connectivity index (χ1v) is 9.44. The highest BCUT2D eigenvalue weighted by Gasteiger charge is 2.27. The quantitative estimate of drug-likeness (QED) is 0.541. The number of carbonyl (C=O) groups is 1. The Labute approximate surface area is 150 Å². The minimum absolute atomic E-state index is 0.234. The van der Waals surface area contributed by atoms with Crippen molar-refractivity contribution >= 4 is 16.7 Å². The molecule has 1 aliphatic rings. The monoisotopic (exact) mass is 336 g/mol. The van der Waals surface area contributed by atoms with Crippen molar-refractivity contribution in [3.8, 4) is 0 Å². The lowest BCUT2D eigenvalue weighted by molar-refractivity contribution is 0.0945. The highest BCUT2D eigenvalue weighted by atomic mass is 16.1. The lowest BCUT2D eigenvalue weighted by Gasteiger charge is -2.37. The molecule has 2 atom stereocenters. The number of aromatic nitrogens is 1. The maximum absolute atomic E-state index is 12.8. The first-order valence-electron chi connectivity index (χ1n) is 9.44. The van der Waals surface area contributed by atoms with Gasteiger partial charge in [0.1, 0.15) is 0 Å². The van der Waals surface area contributed by atoms with Crippen LogP contribution in [0.2, 0.25) is 0 Å². The molecule has 1 aliphatic heterocycles. The van der Waals surface area contributed by atoms with Crippen LogP contribution >= 0.6 is 0 Å². The number of piperidine rings is 1. The van der Waals surface area contributed by atoms with Crippen LogP contribution < -0.4 is 0 Å². The number of hydrogen-bond acceptors (Lipinski definition) is 3. The Morgan fingerprint density at radius 3 is 3.00 bits per heavy atom. The smallest absolute Gasteiger partial charge is 0.163 e. The zero-order valence-corrected chi connectivity index (χ0v) is 15.2. The number of fused-ring (bicyclic) bond motifs is 1. The molecule has 2 heterocycles. The molecule has 1 aromatic carbocycles. The number of likely N-dealkylation sites (tertiary alicyclic amines) is 1. The lowest BCUT2D eigenvalue weighted by atomic mass is 9.81. The van der Waals surface area contributed by atoms with Gasteiger partial charge in [-0.1, -0.05) is 31.2 Å². The Morgan fingerprint density at radius 1 is 1.36 bits per heavy atom. The molecule has 0 amide bonds. The van der Waals surface area contributed by atoms with E-state index in [1.54, 1.807) is 6.20 Å². The molecule has 1 aromatic heterocycles. The number of rotatable bonds is 7. The first kappa shape index (κ1) is 17.8. The van der Waals surface area contributed by atoms with Crippen LogP contribution in [0.5, 0.6) is 0 Å². The van der Waals surface area contributed by atoms with E-state index in [-0.39, 0.29) is 5.78 Å². The van der Waals surface area contributed by atoms with E-state index in [1.165, 1.54) is 19.4 Å². The average Bonchev–Trinajstić information content (AvgIpc) is 2.66. The van der Waals surface area contributed by atoms with E-state index in [0.29, 0.717) is 18.3 Å². The largest absolute Gasteiger partial charge is 0.303 e. The average molecular weight is 336 g/mol. The molecule has 132 valence electrons. The third-order valence-corrected chi connectivity index (χ3v) is 5.42. The first-order chi connectivity index (χ1) is 12.2. The lowest BCUT2D eigenvalue weighted by Crippen LogP contribution is -2.40. The number of pyridine rings is 1. The molecule has 1 fully saturated rings. The van der Waals surface area contributed by atoms with Gasteiger partial charge in [0.15, 0.2) is 5.78 Å². The van der Waals surface area contributed by atoms with Crippen LogP contribution in [0.1, 0.15) is 43.0 Å². The predicted molar refractivity (Wildman–Crippen MR) is 104 cm³/mol. The Bertz CT molecular complexity index is 734. The fourth-order valence-electron chi connectivity index (χ4n) is 4.04. The van der Waals surface area contributed by atoms with Gasteiger partial charge in [-0.3, -0.25) is 9.78 Å². The van der Waals surface area contributed by atoms with Crippen molar-refractivity contribution in [1.29, 1.82) is 0 Å². The number of carbonyl (C=O) groups excluding carboxylic acids is 1. The summed E-state index contributed by atoms with van der Waals surface area (Å²) in [5, 5.41) is 0.966. The zero-order chi connectivity index (χ0) is 17.6. The summed E-state index contributed by atoms with van der Waals surface area (Å²) in [6.07, 6.45) is 7.76. The molecule has 3 nitrogen and oxygen atoms in total. The summed E-state index contributed by atoms with van der Waals surface area (Å²) < 4.78 is 0. The van der Waals surface area contributed by atoms with Crippen LogP contribution in [0.3, 0.4) is 0 Å². The standard InChI is InChI=1S/C22H28N2O/c1-3-14-24-15-12-18(17(4-2)16-24)9-10-22(25)20-11-13-23-21-8-6-5-7-19(20)21/h4-8,11,13,17-18H,2-3,9-10,12,14-16H2,1H3/t17-,18+/m0/s1. The Balaban J connectivity index is 1.64. The fourth-order valence-corrected chi connectivity index (χ4v) is 4.04. The second-order valence-electron chi connectivity index (χ2n) is 7.09. The summed E-state index contributed by atoms with van der Waals surface area (Å²) in [6.45, 7) is 9.67. The van der Waals surface area contributed by atoms with Gasteiger partial charge in [-0.15, -0.1) is 6.58 Å². The second-order valence-corrected chi connectivity index (χ2v) is 7.09. The van der Waals surface area contributed by atoms with Crippen LogP contribution in [-0.4, -0.2) is 35.3 Å². The number of nitrogens with zero attached hydrogens (tertiary/aromatic N) is 2. The van der Waals surface area contributed by atoms with Gasteiger partial charge in [0.2, 0.25) is 0 Å². The Morgan fingerprint density at radius 2 is 2.20 bits per heavy atom. The van der Waals surface area contributed by atoms with Gasteiger partial charge in [-0.2, -0.15) is 0 Å². The molecule has 3 rings (SSSR count). The number of ketones is 1. The van der Waals surface area contributed by atoms with Crippen molar-refractivity contribution in [2.75, 3.05) is 19.6 Å². The highest BCUT2D eigenvalue weighted by molar-refractivity contribution is 6.07. The summed E-state index contributed by atoms with van der Waals surface area (Å²) >= 11 is 0. The summed E-state index contributed by atoms with van der Waals surface area (Å²) in [4.78, 5) is 19.7. The molecule has 25 heavy (non-hydrogen) atoms. The third kappa shape index (κ3) is 4.16. The molecule has 0 aliphatic carbocycles. The summed E-state index contributed by atoms with van der Waals surface area (Å²) in [5.74, 6) is 1.31. The van der Waals surface area contributed by atoms with Crippen molar-refractivity contribution in [2.45, 2.75) is 32.6 Å². The van der Waals surface area contributed by atoms with Crippen LogP contribution in [0.15, 0.2) is 49.2 Å². The summed E-state index contributed by atoms with van der Waals surface area (Å²) in [6, 6.07) is 9.74. The SMILES string of the molecule is C=C[C@H]1CN(CCC)CC[C@H]1CCC(=O)c1ccnc2ccccc12. The van der Waals surface area contributed by atoms with E-state index < -0.39 is 0 Å². The van der Waals surface area contributed by atoms with Gasteiger partial charge < -0.3 is 4.90 Å². The van der Waals surface area contributed by atoms with Gasteiger partial charge in [-0.05, 0) is 56.3 Å². The van der Waals surface area contributed by atoms with Crippen molar-refractivity contribution in [2.24, 2.45) is 11.8 Å². The topological polar surface area (TPSA) is 33.2 Å². The van der Waals surface area contributed by atoms with E-state index >= 15 is 0 Å². The molecule has 0 bridgehead atoms. The predicted octanol–water partition coefficient (Wildman–Crippen LogP) is 4.73. The van der Waals surface area contributed by atoms with Crippen molar-refractivity contribution < 1.29 is 4.79 Å². The van der Waals surface area contributed by atoms with Gasteiger partial charge in [-0.25, -0.2) is 0 Å². The minimum atomic E-state index is 0.234. The van der Waals surface area contributed by atoms with E-state index in [9.17, 15) is 4.79 Å². The minimum Gasteiger partial charge on any atom is -0.303 e. The van der Waals surface area contributed by atoms with Gasteiger partial charge in [0.05, 0.1) is 5.52 Å². The molecule has 0 N–H and O–H groups in total. The van der Waals surface area contributed by atoms with E-state index in [0.717, 1.165) is 36.0 Å². The number of para-hydroxylation sites is 1. The molecular formula is C22H28N2O. The zero-order valence-electron chi connectivity index (χ0n) is 15.2. The van der Waals surface area contributed by atoms with Crippen molar-refractivity contribution in [3.05, 3.63) is 54.7 Å². The normalized spacial score (nSPS) is 21.3. The van der Waals surface area contributed by atoms with Crippen molar-refractivity contribution in [1.82, 2.24) is 9.88 Å². The van der Waals surface area contributed by atoms with Gasteiger partial charge in [0.25, 0.3) is 0 Å². The number of benzene rings is 1. The maximum atomic E-state index is 12.8. The maximum Gasteiger partial charge on any atom is 0.163 e. The molecule has 0 spiro atoms. The number of Topliss-reactive ketones (excluding diaryl/α,β-unsaturated/α-hetero) is 1. The van der Waals surface area contributed by atoms with E-state index in [4.69, 9.17) is 0 Å². The highest BCUT2D eigenvalue weighted by Crippen LogP contribution is 2.29. The number of hydrogen-bond donors (Lipinski definition) is 0. The van der Waals surface area contributed by atoms with Crippen molar-refractivity contribution in [3.63, 3.8) is 0 Å². The fraction of sp³-hybridized carbons (Fsp3) is 0.455. The van der Waals surface area contributed by atoms with Crippen LogP contribution in [-0.2, 0) is 0 Å². The van der Waals surface area contributed by atoms with Crippen LogP contribution in [0.25, 0.3) is 10.9 Å². The molecule has 1 saturated heterocycles. The molecule has 0 radical (unpaired) electrons. The third-order valence-electron chi connectivity index (χ3n) is 5.42. The summed E-state index contributed by atoms with van der Waals surface area (Å²) in [7, 11) is 0. The molecule has 0 unspecified atom stereocenters. The molecule has 0 saturated carbocycles. The van der Waals surface area contributed by atoms with E-state index in [2.05, 4.69) is 29.5 Å². The Hall–Kier alpha value is -2.00. The van der Waals surface area contributed by atoms with Gasteiger partial charge in [0, 0.05) is 30.1 Å². The molecule has 2 aromatic rings. The Kier molecular flexibility index (Phi) is 5.98.